The molecule has 0 saturated carbocycles. The summed E-state index contributed by atoms with van der Waals surface area (Å²) >= 11 is 12.9. The van der Waals surface area contributed by atoms with Gasteiger partial charge in [-0.25, -0.2) is 4.79 Å². The van der Waals surface area contributed by atoms with Gasteiger partial charge in [-0.1, -0.05) is 35.3 Å². The lowest BCUT2D eigenvalue weighted by atomic mass is 10.3. The summed E-state index contributed by atoms with van der Waals surface area (Å²) in [5.74, 6) is -4.01. The Labute approximate surface area is 166 Å². The van der Waals surface area contributed by atoms with Gasteiger partial charge in [0.15, 0.2) is 11.5 Å². The van der Waals surface area contributed by atoms with E-state index in [9.17, 15) is 18.0 Å². The van der Waals surface area contributed by atoms with E-state index in [2.05, 4.69) is 5.32 Å². The molecule has 11 heteroatoms. The number of amides is 2. The van der Waals surface area contributed by atoms with Crippen LogP contribution in [0.15, 0.2) is 41.3 Å². The van der Waals surface area contributed by atoms with Crippen molar-refractivity contribution < 1.29 is 27.4 Å². The topological polar surface area (TPSA) is 59.6 Å². The van der Waals surface area contributed by atoms with Gasteiger partial charge < -0.3 is 14.8 Å². The first kappa shape index (κ1) is 19.8. The van der Waals surface area contributed by atoms with Crippen LogP contribution < -0.4 is 20.1 Å². The third-order valence-corrected chi connectivity index (χ3v) is 5.02. The summed E-state index contributed by atoms with van der Waals surface area (Å²) in [5.41, 5.74) is 0.335. The smallest absolute Gasteiger partial charge is 0.424 e. The first-order valence-corrected chi connectivity index (χ1v) is 9.29. The Morgan fingerprint density at radius 2 is 1.67 bits per heavy atom. The molecule has 0 aliphatic carbocycles. The van der Waals surface area contributed by atoms with Crippen molar-refractivity contribution in [1.29, 1.82) is 0 Å². The first-order valence-electron chi connectivity index (χ1n) is 7.31. The molecule has 27 heavy (non-hydrogen) atoms. The van der Waals surface area contributed by atoms with E-state index in [4.69, 9.17) is 32.7 Å². The summed E-state index contributed by atoms with van der Waals surface area (Å²) in [7, 11) is 0. The number of carbonyl (C=O) groups is 1. The monoisotopic (exact) mass is 438 g/mol. The molecule has 1 aliphatic rings. The number of rotatable bonds is 3. The zero-order valence-electron chi connectivity index (χ0n) is 13.5. The van der Waals surface area contributed by atoms with Crippen LogP contribution in [0.4, 0.5) is 23.7 Å². The quantitative estimate of drug-likeness (QED) is 0.618. The van der Waals surface area contributed by atoms with Crippen LogP contribution in [0.25, 0.3) is 0 Å². The molecule has 1 heterocycles. The van der Waals surface area contributed by atoms with Gasteiger partial charge in [0.2, 0.25) is 0 Å². The van der Waals surface area contributed by atoms with Crippen LogP contribution in [-0.2, 0) is 0 Å². The number of benzene rings is 2. The second-order valence-electron chi connectivity index (χ2n) is 5.31. The van der Waals surface area contributed by atoms with Crippen molar-refractivity contribution >= 4 is 46.7 Å². The summed E-state index contributed by atoms with van der Waals surface area (Å²) in [6.07, 6.45) is -3.33. The molecule has 0 aromatic heterocycles. The van der Waals surface area contributed by atoms with Crippen LogP contribution in [-0.4, -0.2) is 24.4 Å². The molecule has 0 unspecified atom stereocenters. The van der Waals surface area contributed by atoms with E-state index in [0.29, 0.717) is 10.6 Å². The summed E-state index contributed by atoms with van der Waals surface area (Å²) < 4.78 is 50.8. The van der Waals surface area contributed by atoms with Gasteiger partial charge in [-0.05, 0) is 18.4 Å². The fraction of sp³-hybridized carbons (Fsp3) is 0.188. The lowest BCUT2D eigenvalue weighted by Crippen LogP contribution is -2.65. The third-order valence-electron chi connectivity index (χ3n) is 3.50. The second kappa shape index (κ2) is 7.21. The number of para-hydroxylation sites is 1. The van der Waals surface area contributed by atoms with Crippen molar-refractivity contribution in [2.45, 2.75) is 17.0 Å². The molecule has 0 spiro atoms. The average Bonchev–Trinajstić information content (AvgIpc) is 2.93. The molecule has 2 aromatic rings. The van der Waals surface area contributed by atoms with Gasteiger partial charge in [0.25, 0.3) is 0 Å². The van der Waals surface area contributed by atoms with Gasteiger partial charge in [-0.2, -0.15) is 13.2 Å². The van der Waals surface area contributed by atoms with E-state index in [1.54, 1.807) is 35.8 Å². The zero-order chi connectivity index (χ0) is 19.8. The van der Waals surface area contributed by atoms with E-state index >= 15 is 0 Å². The Bertz CT molecular complexity index is 865. The van der Waals surface area contributed by atoms with E-state index < -0.39 is 18.1 Å². The number of halogens is 5. The molecular formula is C16H11Cl2F3N2O3S. The molecule has 0 atom stereocenters. The number of ether oxygens (including phenoxy) is 2. The molecule has 0 bridgehead atoms. The Hall–Kier alpha value is -1.97. The molecule has 3 rings (SSSR count). The van der Waals surface area contributed by atoms with E-state index in [-0.39, 0.29) is 21.5 Å². The summed E-state index contributed by atoms with van der Waals surface area (Å²) in [5, 5.41) is 4.02. The first-order chi connectivity index (χ1) is 12.6. The standard InChI is InChI=1S/C16H11Cl2F3N2O3S/c1-27-13-5-3-2-4-10(13)22-14(24)23-16(15(19,20)21)25-11-6-8(17)9(18)7-12(11)26-16/h2-7H,1H3,(H2,22,23,24). The number of nitrogens with one attached hydrogen (secondary N) is 2. The van der Waals surface area contributed by atoms with Crippen LogP contribution in [0.1, 0.15) is 0 Å². The molecule has 0 fully saturated rings. The Morgan fingerprint density at radius 3 is 2.19 bits per heavy atom. The highest BCUT2D eigenvalue weighted by Crippen LogP contribution is 2.48. The predicted molar refractivity (Wildman–Crippen MR) is 96.9 cm³/mol. The molecule has 0 saturated heterocycles. The second-order valence-corrected chi connectivity index (χ2v) is 6.97. The highest BCUT2D eigenvalue weighted by atomic mass is 35.5. The molecule has 2 N–H and O–H groups in total. The van der Waals surface area contributed by atoms with Gasteiger partial charge in [-0.3, -0.25) is 5.32 Å². The van der Waals surface area contributed by atoms with Gasteiger partial charge in [0, 0.05) is 17.0 Å². The van der Waals surface area contributed by atoms with Crippen molar-refractivity contribution in [3.63, 3.8) is 0 Å². The number of anilines is 1. The Balaban J connectivity index is 1.86. The SMILES string of the molecule is CSc1ccccc1NC(=O)NC1(C(F)(F)F)Oc2cc(Cl)c(Cl)cc2O1. The molecular weight excluding hydrogens is 428 g/mol. The number of alkyl halides is 3. The fourth-order valence-corrected chi connectivity index (χ4v) is 3.15. The highest BCUT2D eigenvalue weighted by Gasteiger charge is 2.65. The number of carbonyl (C=O) groups excluding carboxylic acids is 1. The molecule has 0 radical (unpaired) electrons. The number of fused-ring (bicyclic) bond motifs is 1. The summed E-state index contributed by atoms with van der Waals surface area (Å²) in [4.78, 5) is 12.9. The van der Waals surface area contributed by atoms with Gasteiger partial charge in [0.1, 0.15) is 0 Å². The number of hydrogen-bond donors (Lipinski definition) is 2. The van der Waals surface area contributed by atoms with Crippen molar-refractivity contribution in [2.24, 2.45) is 0 Å². The van der Waals surface area contributed by atoms with E-state index in [1.807, 2.05) is 0 Å². The lowest BCUT2D eigenvalue weighted by Gasteiger charge is -2.29. The highest BCUT2D eigenvalue weighted by molar-refractivity contribution is 7.98. The molecule has 2 amide bonds. The van der Waals surface area contributed by atoms with E-state index in [1.165, 1.54) is 11.8 Å². The van der Waals surface area contributed by atoms with Crippen LogP contribution in [0, 0.1) is 0 Å². The summed E-state index contributed by atoms with van der Waals surface area (Å²) in [6, 6.07) is 7.62. The maximum Gasteiger partial charge on any atom is 0.492 e. The molecule has 2 aromatic carbocycles. The number of thioether (sulfide) groups is 1. The molecule has 1 aliphatic heterocycles. The minimum Gasteiger partial charge on any atom is -0.424 e. The predicted octanol–water partition coefficient (Wildman–Crippen LogP) is 5.52. The van der Waals surface area contributed by atoms with Crippen molar-refractivity contribution in [3.8, 4) is 11.5 Å². The van der Waals surface area contributed by atoms with Crippen LogP contribution in [0.3, 0.4) is 0 Å². The average molecular weight is 439 g/mol. The van der Waals surface area contributed by atoms with Crippen LogP contribution in [0.2, 0.25) is 10.0 Å². The Kier molecular flexibility index (Phi) is 5.29. The minimum atomic E-state index is -5.10. The maximum atomic E-state index is 13.7. The minimum absolute atomic E-state index is 0.0182. The normalized spacial score (nSPS) is 14.7. The molecule has 5 nitrogen and oxygen atoms in total. The largest absolute Gasteiger partial charge is 0.492 e. The zero-order valence-corrected chi connectivity index (χ0v) is 15.8. The maximum absolute atomic E-state index is 13.7. The van der Waals surface area contributed by atoms with Gasteiger partial charge in [-0.15, -0.1) is 11.8 Å². The van der Waals surface area contributed by atoms with Crippen molar-refractivity contribution in [2.75, 3.05) is 11.6 Å². The van der Waals surface area contributed by atoms with E-state index in [0.717, 1.165) is 12.1 Å². The van der Waals surface area contributed by atoms with Gasteiger partial charge in [0.05, 0.1) is 15.7 Å². The summed E-state index contributed by atoms with van der Waals surface area (Å²) in [6.45, 7) is 0. The van der Waals surface area contributed by atoms with Crippen molar-refractivity contribution in [1.82, 2.24) is 5.32 Å². The van der Waals surface area contributed by atoms with Crippen molar-refractivity contribution in [3.05, 3.63) is 46.4 Å². The number of hydrogen-bond acceptors (Lipinski definition) is 4. The third kappa shape index (κ3) is 3.85. The lowest BCUT2D eigenvalue weighted by molar-refractivity contribution is -0.317. The number of urea groups is 1. The fourth-order valence-electron chi connectivity index (χ4n) is 2.29. The Morgan fingerprint density at radius 1 is 1.11 bits per heavy atom. The molecule has 144 valence electrons. The van der Waals surface area contributed by atoms with Gasteiger partial charge >= 0.3 is 18.1 Å². The van der Waals surface area contributed by atoms with Crippen LogP contribution >= 0.6 is 35.0 Å². The van der Waals surface area contributed by atoms with Crippen LogP contribution in [0.5, 0.6) is 11.5 Å².